The standard InChI is InChI=1S/C23H22ClN5O4/c1-23(2,3)18-9-20(33-28-18)27-19(30)13-32-22(31)16-8-15-11-26-29(21(15)25-10-16)12-14-5-4-6-17(24)7-14/h4-11H,12-13H2,1-3H3,(H,27,30). The van der Waals surface area contributed by atoms with Crippen LogP contribution >= 0.6 is 11.6 Å². The van der Waals surface area contributed by atoms with E-state index in [2.05, 4.69) is 20.6 Å². The minimum atomic E-state index is -0.671. The van der Waals surface area contributed by atoms with Gasteiger partial charge < -0.3 is 9.26 Å². The first-order valence-corrected chi connectivity index (χ1v) is 10.6. The zero-order valence-corrected chi connectivity index (χ0v) is 19.1. The Morgan fingerprint density at radius 2 is 2.00 bits per heavy atom. The van der Waals surface area contributed by atoms with Crippen molar-refractivity contribution in [2.75, 3.05) is 11.9 Å². The molecule has 10 heteroatoms. The lowest BCUT2D eigenvalue weighted by Crippen LogP contribution is -2.20. The Labute approximate surface area is 194 Å². The van der Waals surface area contributed by atoms with Gasteiger partial charge in [0, 0.05) is 28.1 Å². The van der Waals surface area contributed by atoms with Gasteiger partial charge in [-0.05, 0) is 23.8 Å². The lowest BCUT2D eigenvalue weighted by molar-refractivity contribution is -0.119. The lowest BCUT2D eigenvalue weighted by Gasteiger charge is -2.12. The number of carbonyl (C=O) groups is 2. The van der Waals surface area contributed by atoms with E-state index in [1.807, 2.05) is 39.0 Å². The maximum Gasteiger partial charge on any atom is 0.340 e. The van der Waals surface area contributed by atoms with Crippen LogP contribution in [0.3, 0.4) is 0 Å². The molecule has 0 unspecified atom stereocenters. The van der Waals surface area contributed by atoms with Crippen molar-refractivity contribution in [2.24, 2.45) is 0 Å². The summed E-state index contributed by atoms with van der Waals surface area (Å²) in [5, 5.41) is 12.1. The number of nitrogens with zero attached hydrogens (tertiary/aromatic N) is 4. The maximum atomic E-state index is 12.4. The molecular formula is C23H22ClN5O4. The fourth-order valence-corrected chi connectivity index (χ4v) is 3.30. The molecule has 170 valence electrons. The quantitative estimate of drug-likeness (QED) is 0.422. The average Bonchev–Trinajstić information content (AvgIpc) is 3.39. The van der Waals surface area contributed by atoms with Crippen LogP contribution in [0.5, 0.6) is 0 Å². The van der Waals surface area contributed by atoms with E-state index in [1.165, 1.54) is 6.20 Å². The molecule has 4 aromatic rings. The molecule has 3 heterocycles. The van der Waals surface area contributed by atoms with E-state index >= 15 is 0 Å². The molecule has 0 fully saturated rings. The van der Waals surface area contributed by atoms with Gasteiger partial charge in [-0.2, -0.15) is 5.10 Å². The highest BCUT2D eigenvalue weighted by atomic mass is 35.5. The zero-order chi connectivity index (χ0) is 23.6. The smallest absolute Gasteiger partial charge is 0.340 e. The summed E-state index contributed by atoms with van der Waals surface area (Å²) in [5.41, 5.74) is 2.29. The number of carbonyl (C=O) groups excluding carboxylic acids is 2. The van der Waals surface area contributed by atoms with Crippen molar-refractivity contribution in [1.82, 2.24) is 19.9 Å². The SMILES string of the molecule is CC(C)(C)c1cc(NC(=O)COC(=O)c2cnc3c(cnn3Cc3cccc(Cl)c3)c2)on1. The molecule has 0 aliphatic rings. The molecule has 0 atom stereocenters. The Hall–Kier alpha value is -3.72. The third kappa shape index (κ3) is 5.38. The van der Waals surface area contributed by atoms with Gasteiger partial charge in [-0.3, -0.25) is 10.1 Å². The molecular weight excluding hydrogens is 446 g/mol. The highest BCUT2D eigenvalue weighted by molar-refractivity contribution is 6.30. The molecule has 9 nitrogen and oxygen atoms in total. The maximum absolute atomic E-state index is 12.4. The molecule has 0 aliphatic heterocycles. The first-order valence-electron chi connectivity index (χ1n) is 10.2. The molecule has 0 saturated heterocycles. The highest BCUT2D eigenvalue weighted by Gasteiger charge is 2.20. The van der Waals surface area contributed by atoms with Crippen molar-refractivity contribution in [3.05, 3.63) is 70.6 Å². The summed E-state index contributed by atoms with van der Waals surface area (Å²) in [4.78, 5) is 28.8. The molecule has 0 radical (unpaired) electrons. The van der Waals surface area contributed by atoms with Gasteiger partial charge in [-0.1, -0.05) is 49.7 Å². The summed E-state index contributed by atoms with van der Waals surface area (Å²) < 4.78 is 11.9. The summed E-state index contributed by atoms with van der Waals surface area (Å²) >= 11 is 6.04. The lowest BCUT2D eigenvalue weighted by atomic mass is 9.92. The van der Waals surface area contributed by atoms with Crippen LogP contribution in [0, 0.1) is 0 Å². The largest absolute Gasteiger partial charge is 0.452 e. The van der Waals surface area contributed by atoms with Gasteiger partial charge in [0.05, 0.1) is 24.0 Å². The minimum Gasteiger partial charge on any atom is -0.452 e. The zero-order valence-electron chi connectivity index (χ0n) is 18.3. The van der Waals surface area contributed by atoms with Crippen LogP contribution in [-0.2, 0) is 21.5 Å². The van der Waals surface area contributed by atoms with E-state index in [1.54, 1.807) is 29.1 Å². The number of fused-ring (bicyclic) bond motifs is 1. The Balaban J connectivity index is 1.37. The second-order valence-corrected chi connectivity index (χ2v) is 8.96. The molecule has 0 bridgehead atoms. The summed E-state index contributed by atoms with van der Waals surface area (Å²) in [6.07, 6.45) is 3.01. The number of halogens is 1. The first-order chi connectivity index (χ1) is 15.7. The second-order valence-electron chi connectivity index (χ2n) is 8.52. The summed E-state index contributed by atoms with van der Waals surface area (Å²) in [5.74, 6) is -1.02. The molecule has 0 saturated carbocycles. The Morgan fingerprint density at radius 1 is 1.18 bits per heavy atom. The summed E-state index contributed by atoms with van der Waals surface area (Å²) in [6.45, 7) is 5.94. The van der Waals surface area contributed by atoms with Gasteiger partial charge in [0.1, 0.15) is 0 Å². The van der Waals surface area contributed by atoms with Crippen LogP contribution in [0.4, 0.5) is 5.88 Å². The van der Waals surface area contributed by atoms with E-state index in [-0.39, 0.29) is 16.9 Å². The Kier molecular flexibility index (Phi) is 6.15. The molecule has 0 spiro atoms. The minimum absolute atomic E-state index is 0.191. The Bertz CT molecular complexity index is 1320. The van der Waals surface area contributed by atoms with Gasteiger partial charge in [-0.15, -0.1) is 0 Å². The van der Waals surface area contributed by atoms with Gasteiger partial charge in [0.2, 0.25) is 5.88 Å². The third-order valence-electron chi connectivity index (χ3n) is 4.81. The number of ether oxygens (including phenoxy) is 1. The molecule has 3 aromatic heterocycles. The normalized spacial score (nSPS) is 11.5. The van der Waals surface area contributed by atoms with Crippen LogP contribution in [0.25, 0.3) is 11.0 Å². The molecule has 1 N–H and O–H groups in total. The fourth-order valence-electron chi connectivity index (χ4n) is 3.08. The number of hydrogen-bond donors (Lipinski definition) is 1. The molecule has 4 rings (SSSR count). The second kappa shape index (κ2) is 9.03. The predicted molar refractivity (Wildman–Crippen MR) is 122 cm³/mol. The third-order valence-corrected chi connectivity index (χ3v) is 5.04. The first kappa shape index (κ1) is 22.5. The monoisotopic (exact) mass is 467 g/mol. The van der Waals surface area contributed by atoms with Gasteiger partial charge in [-0.25, -0.2) is 14.5 Å². The predicted octanol–water partition coefficient (Wildman–Crippen LogP) is 4.21. The van der Waals surface area contributed by atoms with Crippen molar-refractivity contribution < 1.29 is 18.8 Å². The molecule has 33 heavy (non-hydrogen) atoms. The number of amides is 1. The number of anilines is 1. The topological polar surface area (TPSA) is 112 Å². The summed E-state index contributed by atoms with van der Waals surface area (Å²) in [7, 11) is 0. The summed E-state index contributed by atoms with van der Waals surface area (Å²) in [6, 6.07) is 10.7. The Morgan fingerprint density at radius 3 is 2.73 bits per heavy atom. The van der Waals surface area contributed by atoms with Crippen molar-refractivity contribution in [3.8, 4) is 0 Å². The van der Waals surface area contributed by atoms with E-state index in [4.69, 9.17) is 20.9 Å². The van der Waals surface area contributed by atoms with Crippen LogP contribution in [-0.4, -0.2) is 38.4 Å². The van der Waals surface area contributed by atoms with Crippen LogP contribution in [0.2, 0.25) is 5.02 Å². The van der Waals surface area contributed by atoms with Crippen molar-refractivity contribution in [3.63, 3.8) is 0 Å². The van der Waals surface area contributed by atoms with E-state index in [0.717, 1.165) is 5.56 Å². The number of rotatable bonds is 6. The van der Waals surface area contributed by atoms with Crippen LogP contribution in [0.1, 0.15) is 42.4 Å². The number of hydrogen-bond acceptors (Lipinski definition) is 7. The highest BCUT2D eigenvalue weighted by Crippen LogP contribution is 2.23. The van der Waals surface area contributed by atoms with Crippen molar-refractivity contribution in [1.29, 1.82) is 0 Å². The molecule has 1 aromatic carbocycles. The van der Waals surface area contributed by atoms with Crippen LogP contribution < -0.4 is 5.32 Å². The number of aromatic nitrogens is 4. The molecule has 0 aliphatic carbocycles. The van der Waals surface area contributed by atoms with E-state index in [0.29, 0.717) is 28.3 Å². The van der Waals surface area contributed by atoms with Gasteiger partial charge >= 0.3 is 5.97 Å². The van der Waals surface area contributed by atoms with Crippen LogP contribution in [0.15, 0.2) is 53.3 Å². The van der Waals surface area contributed by atoms with Gasteiger partial charge in [0.25, 0.3) is 5.91 Å². The van der Waals surface area contributed by atoms with Crippen molar-refractivity contribution in [2.45, 2.75) is 32.7 Å². The van der Waals surface area contributed by atoms with Gasteiger partial charge in [0.15, 0.2) is 12.3 Å². The number of nitrogens with one attached hydrogen (secondary N) is 1. The van der Waals surface area contributed by atoms with E-state index < -0.39 is 18.5 Å². The average molecular weight is 468 g/mol. The van der Waals surface area contributed by atoms with Crippen molar-refractivity contribution >= 4 is 40.4 Å². The fraction of sp³-hybridized carbons (Fsp3) is 0.261. The number of pyridine rings is 1. The molecule has 1 amide bonds. The van der Waals surface area contributed by atoms with E-state index in [9.17, 15) is 9.59 Å². The number of esters is 1. The number of benzene rings is 1.